The van der Waals surface area contributed by atoms with Crippen LogP contribution in [0.2, 0.25) is 0 Å². The molecule has 2 rings (SSSR count). The topological polar surface area (TPSA) is 190 Å². The molecule has 0 saturated carbocycles. The maximum atomic E-state index is 12.7. The van der Waals surface area contributed by atoms with Crippen LogP contribution in [0.25, 0.3) is 0 Å². The van der Waals surface area contributed by atoms with E-state index in [0.717, 1.165) is 0 Å². The molecule has 0 radical (unpaired) electrons. The Morgan fingerprint density at radius 3 is 1.17 bits per heavy atom. The van der Waals surface area contributed by atoms with Crippen LogP contribution in [0, 0.1) is 11.8 Å². The van der Waals surface area contributed by atoms with Crippen LogP contribution < -0.4 is 0 Å². The van der Waals surface area contributed by atoms with Gasteiger partial charge in [-0.15, -0.1) is 0 Å². The average molecular weight is 488 g/mol. The Balaban J connectivity index is 2.86. The molecule has 10 nitrogen and oxygen atoms in total. The first-order chi connectivity index (χ1) is 16.3. The van der Waals surface area contributed by atoms with Crippen LogP contribution in [-0.2, 0) is 6.42 Å². The van der Waals surface area contributed by atoms with Gasteiger partial charge < -0.3 is 30.6 Å². The van der Waals surface area contributed by atoms with Gasteiger partial charge in [-0.05, 0) is 11.8 Å². The third kappa shape index (κ3) is 5.06. The van der Waals surface area contributed by atoms with Gasteiger partial charge in [-0.25, -0.2) is 0 Å². The normalized spacial score (nSPS) is 11.1. The average Bonchev–Trinajstić information content (AvgIpc) is 2.72. The van der Waals surface area contributed by atoms with Crippen LogP contribution in [-0.4, -0.2) is 54.8 Å². The maximum Gasteiger partial charge on any atom is 0.170 e. The van der Waals surface area contributed by atoms with E-state index in [2.05, 4.69) is 0 Å². The SMILES string of the molecule is CC(C)CC(=O)c1c(O)c(C=O)c(O)c(Cc2c(O)c(C=O)c(O)c(C(=O)CC(C)C)c2O)c1O. The van der Waals surface area contributed by atoms with Crippen molar-refractivity contribution in [2.45, 2.75) is 47.0 Å². The fourth-order valence-corrected chi connectivity index (χ4v) is 3.78. The summed E-state index contributed by atoms with van der Waals surface area (Å²) < 4.78 is 0. The largest absolute Gasteiger partial charge is 0.507 e. The number of ketones is 2. The molecule has 0 atom stereocenters. The van der Waals surface area contributed by atoms with Gasteiger partial charge in [-0.1, -0.05) is 27.7 Å². The molecule has 0 aliphatic heterocycles. The molecule has 2 aromatic carbocycles. The molecular weight excluding hydrogens is 460 g/mol. The highest BCUT2D eigenvalue weighted by Crippen LogP contribution is 2.47. The summed E-state index contributed by atoms with van der Waals surface area (Å²) in [7, 11) is 0. The van der Waals surface area contributed by atoms with E-state index in [1.807, 2.05) is 0 Å². The summed E-state index contributed by atoms with van der Waals surface area (Å²) in [4.78, 5) is 48.4. The molecule has 0 unspecified atom stereocenters. The number of rotatable bonds is 10. The van der Waals surface area contributed by atoms with E-state index < -0.39 is 85.9 Å². The molecule has 188 valence electrons. The van der Waals surface area contributed by atoms with Crippen molar-refractivity contribution in [3.63, 3.8) is 0 Å². The smallest absolute Gasteiger partial charge is 0.170 e. The quantitative estimate of drug-likeness (QED) is 0.213. The number of Topliss-reactive ketones (excluding diaryl/α,β-unsaturated/α-hetero) is 2. The second kappa shape index (κ2) is 10.5. The summed E-state index contributed by atoms with van der Waals surface area (Å²) in [5.41, 5.74) is -3.78. The number of carbonyl (C=O) groups is 4. The summed E-state index contributed by atoms with van der Waals surface area (Å²) in [5, 5.41) is 63.4. The molecule has 0 heterocycles. The van der Waals surface area contributed by atoms with Crippen molar-refractivity contribution in [2.75, 3.05) is 0 Å². The first kappa shape index (κ1) is 27.2. The van der Waals surface area contributed by atoms with Crippen LogP contribution in [0.5, 0.6) is 34.5 Å². The molecule has 10 heteroatoms. The van der Waals surface area contributed by atoms with Crippen molar-refractivity contribution in [3.05, 3.63) is 33.4 Å². The van der Waals surface area contributed by atoms with E-state index in [1.165, 1.54) is 0 Å². The molecule has 0 saturated heterocycles. The lowest BCUT2D eigenvalue weighted by atomic mass is 9.88. The minimum absolute atomic E-state index is 0.0603. The number of benzene rings is 2. The lowest BCUT2D eigenvalue weighted by molar-refractivity contribution is 0.0952. The zero-order valence-electron chi connectivity index (χ0n) is 19.7. The standard InChI is InChI=1S/C25H28O10/c1-10(2)5-16(28)18-22(32)12(20(30)14(8-26)24(18)34)7-13-21(31)15(9-27)25(35)19(23(13)33)17(29)6-11(3)4/h8-11,30-35H,5-7H2,1-4H3. The van der Waals surface area contributed by atoms with Crippen LogP contribution >= 0.6 is 0 Å². The Kier molecular flexibility index (Phi) is 8.12. The summed E-state index contributed by atoms with van der Waals surface area (Å²) in [6.07, 6.45) is -0.901. The van der Waals surface area contributed by atoms with Crippen molar-refractivity contribution in [3.8, 4) is 34.5 Å². The minimum atomic E-state index is -0.940. The van der Waals surface area contributed by atoms with Gasteiger partial charge in [-0.3, -0.25) is 19.2 Å². The molecule has 0 fully saturated rings. The minimum Gasteiger partial charge on any atom is -0.507 e. The van der Waals surface area contributed by atoms with Crippen molar-refractivity contribution in [1.29, 1.82) is 0 Å². The summed E-state index contributed by atoms with van der Waals surface area (Å²) in [5.74, 6) is -7.43. The Labute approximate surface area is 201 Å². The Morgan fingerprint density at radius 2 is 0.914 bits per heavy atom. The number of aldehydes is 2. The van der Waals surface area contributed by atoms with Gasteiger partial charge in [0.2, 0.25) is 0 Å². The van der Waals surface area contributed by atoms with E-state index in [0.29, 0.717) is 0 Å². The number of aromatic hydroxyl groups is 6. The Bertz CT molecular complexity index is 1110. The number of carbonyl (C=O) groups excluding carboxylic acids is 4. The van der Waals surface area contributed by atoms with Gasteiger partial charge in [0.25, 0.3) is 0 Å². The second-order valence-corrected chi connectivity index (χ2v) is 9.08. The van der Waals surface area contributed by atoms with Crippen LogP contribution in [0.4, 0.5) is 0 Å². The zero-order valence-corrected chi connectivity index (χ0v) is 19.7. The third-order valence-corrected chi connectivity index (χ3v) is 5.45. The first-order valence-corrected chi connectivity index (χ1v) is 10.8. The predicted molar refractivity (Wildman–Crippen MR) is 124 cm³/mol. The fourth-order valence-electron chi connectivity index (χ4n) is 3.78. The van der Waals surface area contributed by atoms with Gasteiger partial charge in [0.05, 0.1) is 11.1 Å². The van der Waals surface area contributed by atoms with Crippen molar-refractivity contribution in [2.24, 2.45) is 11.8 Å². The number of phenolic OH excluding ortho intramolecular Hbond substituents is 6. The van der Waals surface area contributed by atoms with Crippen molar-refractivity contribution >= 4 is 24.1 Å². The first-order valence-electron chi connectivity index (χ1n) is 10.8. The summed E-state index contributed by atoms with van der Waals surface area (Å²) in [6.45, 7) is 6.82. The van der Waals surface area contributed by atoms with Gasteiger partial charge in [0, 0.05) is 30.4 Å². The van der Waals surface area contributed by atoms with Crippen molar-refractivity contribution in [1.82, 2.24) is 0 Å². The molecule has 6 N–H and O–H groups in total. The maximum absolute atomic E-state index is 12.7. The predicted octanol–water partition coefficient (Wildman–Crippen LogP) is 3.59. The van der Waals surface area contributed by atoms with Crippen LogP contribution in [0.1, 0.15) is 93.1 Å². The molecule has 0 amide bonds. The zero-order chi connectivity index (χ0) is 26.8. The van der Waals surface area contributed by atoms with E-state index in [1.54, 1.807) is 27.7 Å². The third-order valence-electron chi connectivity index (χ3n) is 5.45. The molecular formula is C25H28O10. The molecule has 2 aromatic rings. The van der Waals surface area contributed by atoms with Crippen LogP contribution in [0.3, 0.4) is 0 Å². The number of hydrogen-bond acceptors (Lipinski definition) is 10. The molecule has 35 heavy (non-hydrogen) atoms. The molecule has 0 aliphatic rings. The van der Waals surface area contributed by atoms with E-state index in [4.69, 9.17) is 0 Å². The highest BCUT2D eigenvalue weighted by molar-refractivity contribution is 6.06. The monoisotopic (exact) mass is 488 g/mol. The van der Waals surface area contributed by atoms with Crippen molar-refractivity contribution < 1.29 is 49.8 Å². The van der Waals surface area contributed by atoms with E-state index >= 15 is 0 Å². The lowest BCUT2D eigenvalue weighted by Crippen LogP contribution is -2.09. The van der Waals surface area contributed by atoms with E-state index in [-0.39, 0.29) is 37.2 Å². The second-order valence-electron chi connectivity index (χ2n) is 9.08. The van der Waals surface area contributed by atoms with Gasteiger partial charge in [0.1, 0.15) is 45.6 Å². The number of phenols is 6. The van der Waals surface area contributed by atoms with E-state index in [9.17, 15) is 49.8 Å². The van der Waals surface area contributed by atoms with Gasteiger partial charge in [0.15, 0.2) is 24.1 Å². The summed E-state index contributed by atoms with van der Waals surface area (Å²) in [6, 6.07) is 0. The Hall–Kier alpha value is -4.08. The molecule has 0 aliphatic carbocycles. The highest BCUT2D eigenvalue weighted by Gasteiger charge is 2.32. The highest BCUT2D eigenvalue weighted by atomic mass is 16.3. The molecule has 0 spiro atoms. The van der Waals surface area contributed by atoms with Gasteiger partial charge in [-0.2, -0.15) is 0 Å². The fraction of sp³-hybridized carbons (Fsp3) is 0.360. The van der Waals surface area contributed by atoms with Gasteiger partial charge >= 0.3 is 0 Å². The summed E-state index contributed by atoms with van der Waals surface area (Å²) >= 11 is 0. The Morgan fingerprint density at radius 1 is 0.600 bits per heavy atom. The lowest BCUT2D eigenvalue weighted by Gasteiger charge is -2.19. The van der Waals surface area contributed by atoms with Crippen LogP contribution in [0.15, 0.2) is 0 Å². The molecule has 0 aromatic heterocycles. The molecule has 0 bridgehead atoms. The number of hydrogen-bond donors (Lipinski definition) is 6.